The third-order valence-corrected chi connectivity index (χ3v) is 4.25. The molecule has 1 aromatic carbocycles. The highest BCUT2D eigenvalue weighted by Gasteiger charge is 2.33. The summed E-state index contributed by atoms with van der Waals surface area (Å²) in [6.45, 7) is 1.65. The summed E-state index contributed by atoms with van der Waals surface area (Å²) >= 11 is 7.22. The molecule has 0 saturated carbocycles. The van der Waals surface area contributed by atoms with Gasteiger partial charge in [-0.2, -0.15) is 18.3 Å². The second-order valence-corrected chi connectivity index (χ2v) is 5.71. The van der Waals surface area contributed by atoms with Gasteiger partial charge in [0.05, 0.1) is 27.4 Å². The molecule has 0 aliphatic heterocycles. The number of phenolic OH excluding ortho intramolecular Hbond substituents is 1. The van der Waals surface area contributed by atoms with E-state index in [0.717, 1.165) is 12.3 Å². The van der Waals surface area contributed by atoms with Crippen LogP contribution in [-0.2, 0) is 6.18 Å². The Morgan fingerprint density at radius 1 is 1.39 bits per heavy atom. The van der Waals surface area contributed by atoms with Crippen LogP contribution in [0.4, 0.5) is 13.2 Å². The Morgan fingerprint density at radius 3 is 2.52 bits per heavy atom. The van der Waals surface area contributed by atoms with Crippen LogP contribution in [0.15, 0.2) is 22.2 Å². The second-order valence-electron chi connectivity index (χ2n) is 4.48. The number of aromatic nitrogens is 2. The molecule has 0 aliphatic rings. The normalized spacial score (nSPS) is 12.3. The predicted molar refractivity (Wildman–Crippen MR) is 81.1 cm³/mol. The standard InChI is InChI=1S/C13H11ClF3N3O2S/c1-6-12(23-2)9(5-18-22)19-20(6)11-8(14)3-7(4-10(11)21)13(15,16)17/h3-5,21-22H,1-2H3/b18-5+. The number of hydrogen-bond acceptors (Lipinski definition) is 5. The molecule has 0 aliphatic carbocycles. The molecule has 0 radical (unpaired) electrons. The highest BCUT2D eigenvalue weighted by molar-refractivity contribution is 7.98. The molecule has 23 heavy (non-hydrogen) atoms. The van der Waals surface area contributed by atoms with Gasteiger partial charge >= 0.3 is 6.18 Å². The topological polar surface area (TPSA) is 70.6 Å². The van der Waals surface area contributed by atoms with Crippen LogP contribution in [0.2, 0.25) is 5.02 Å². The number of hydrogen-bond donors (Lipinski definition) is 2. The molecule has 124 valence electrons. The smallest absolute Gasteiger partial charge is 0.416 e. The molecule has 2 N–H and O–H groups in total. The number of rotatable bonds is 3. The van der Waals surface area contributed by atoms with E-state index in [1.165, 1.54) is 16.4 Å². The summed E-state index contributed by atoms with van der Waals surface area (Å²) in [6, 6.07) is 1.30. The molecular formula is C13H11ClF3N3O2S. The Kier molecular flexibility index (Phi) is 4.81. The van der Waals surface area contributed by atoms with Crippen molar-refractivity contribution < 1.29 is 23.5 Å². The number of benzene rings is 1. The first-order valence-corrected chi connectivity index (χ1v) is 7.72. The van der Waals surface area contributed by atoms with Gasteiger partial charge in [0.1, 0.15) is 17.1 Å². The Hall–Kier alpha value is -1.87. The Bertz CT molecular complexity index is 752. The number of halogens is 4. The molecule has 0 spiro atoms. The summed E-state index contributed by atoms with van der Waals surface area (Å²) in [5.41, 5.74) is -0.307. The van der Waals surface area contributed by atoms with Crippen molar-refractivity contribution in [3.8, 4) is 11.4 Å². The molecule has 0 unspecified atom stereocenters. The molecule has 0 amide bonds. The van der Waals surface area contributed by atoms with Crippen molar-refractivity contribution in [1.82, 2.24) is 9.78 Å². The highest BCUT2D eigenvalue weighted by atomic mass is 35.5. The first-order valence-electron chi connectivity index (χ1n) is 6.11. The van der Waals surface area contributed by atoms with Crippen LogP contribution in [0.25, 0.3) is 5.69 Å². The minimum absolute atomic E-state index is 0.0787. The number of alkyl halides is 3. The van der Waals surface area contributed by atoms with Crippen molar-refractivity contribution in [2.24, 2.45) is 5.16 Å². The van der Waals surface area contributed by atoms with Crippen LogP contribution >= 0.6 is 23.4 Å². The first-order chi connectivity index (χ1) is 10.7. The van der Waals surface area contributed by atoms with Crippen molar-refractivity contribution in [2.45, 2.75) is 18.0 Å². The zero-order valence-corrected chi connectivity index (χ0v) is 13.5. The zero-order chi connectivity index (χ0) is 17.4. The van der Waals surface area contributed by atoms with Gasteiger partial charge < -0.3 is 10.3 Å². The quantitative estimate of drug-likeness (QED) is 0.372. The summed E-state index contributed by atoms with van der Waals surface area (Å²) < 4.78 is 39.4. The molecule has 2 aromatic rings. The maximum Gasteiger partial charge on any atom is 0.416 e. The fraction of sp³-hybridized carbons (Fsp3) is 0.231. The molecule has 0 bridgehead atoms. The van der Waals surface area contributed by atoms with E-state index in [-0.39, 0.29) is 10.7 Å². The van der Waals surface area contributed by atoms with Crippen molar-refractivity contribution in [1.29, 1.82) is 0 Å². The van der Waals surface area contributed by atoms with Crippen LogP contribution in [0.3, 0.4) is 0 Å². The lowest BCUT2D eigenvalue weighted by Crippen LogP contribution is -2.07. The minimum Gasteiger partial charge on any atom is -0.506 e. The molecule has 1 heterocycles. The largest absolute Gasteiger partial charge is 0.506 e. The van der Waals surface area contributed by atoms with E-state index >= 15 is 0 Å². The summed E-state index contributed by atoms with van der Waals surface area (Å²) in [6.07, 6.45) is -1.78. The van der Waals surface area contributed by atoms with Gasteiger partial charge in [-0.25, -0.2) is 4.68 Å². The minimum atomic E-state index is -4.63. The lowest BCUT2D eigenvalue weighted by atomic mass is 10.1. The van der Waals surface area contributed by atoms with E-state index < -0.39 is 17.5 Å². The van der Waals surface area contributed by atoms with Crippen LogP contribution in [0.1, 0.15) is 17.0 Å². The van der Waals surface area contributed by atoms with E-state index in [2.05, 4.69) is 10.3 Å². The average molecular weight is 366 g/mol. The maximum absolute atomic E-state index is 12.7. The number of phenols is 1. The van der Waals surface area contributed by atoms with Crippen molar-refractivity contribution in [3.05, 3.63) is 34.1 Å². The number of aromatic hydroxyl groups is 1. The molecular weight excluding hydrogens is 355 g/mol. The number of thioether (sulfide) groups is 1. The molecule has 0 fully saturated rings. The molecule has 2 rings (SSSR count). The van der Waals surface area contributed by atoms with Gasteiger partial charge in [0.25, 0.3) is 0 Å². The summed E-state index contributed by atoms with van der Waals surface area (Å²) in [4.78, 5) is 0.637. The zero-order valence-electron chi connectivity index (χ0n) is 11.9. The molecule has 5 nitrogen and oxygen atoms in total. The van der Waals surface area contributed by atoms with E-state index in [9.17, 15) is 18.3 Å². The van der Waals surface area contributed by atoms with Crippen LogP contribution < -0.4 is 0 Å². The van der Waals surface area contributed by atoms with Crippen LogP contribution in [0.5, 0.6) is 5.75 Å². The molecule has 10 heteroatoms. The monoisotopic (exact) mass is 365 g/mol. The molecule has 1 aromatic heterocycles. The van der Waals surface area contributed by atoms with Gasteiger partial charge in [-0.3, -0.25) is 0 Å². The average Bonchev–Trinajstić information content (AvgIpc) is 2.74. The molecule has 0 saturated heterocycles. The summed E-state index contributed by atoms with van der Waals surface area (Å²) in [7, 11) is 0. The third-order valence-electron chi connectivity index (χ3n) is 3.05. The van der Waals surface area contributed by atoms with Gasteiger partial charge in [0, 0.05) is 0 Å². The van der Waals surface area contributed by atoms with Crippen molar-refractivity contribution in [3.63, 3.8) is 0 Å². The Labute approximate surface area is 138 Å². The van der Waals surface area contributed by atoms with Crippen molar-refractivity contribution in [2.75, 3.05) is 6.26 Å². The van der Waals surface area contributed by atoms with Crippen molar-refractivity contribution >= 4 is 29.6 Å². The predicted octanol–water partition coefficient (Wildman–Crippen LogP) is 4.09. The number of nitrogens with zero attached hydrogens (tertiary/aromatic N) is 3. The van der Waals surface area contributed by atoms with Gasteiger partial charge in [-0.1, -0.05) is 16.8 Å². The van der Waals surface area contributed by atoms with Gasteiger partial charge in [-0.05, 0) is 25.3 Å². The van der Waals surface area contributed by atoms with Gasteiger partial charge in [-0.15, -0.1) is 11.8 Å². The Balaban J connectivity index is 2.68. The van der Waals surface area contributed by atoms with E-state index in [0.29, 0.717) is 22.3 Å². The fourth-order valence-electron chi connectivity index (χ4n) is 2.08. The summed E-state index contributed by atoms with van der Waals surface area (Å²) in [5.74, 6) is -0.657. The lowest BCUT2D eigenvalue weighted by Gasteiger charge is -2.13. The van der Waals surface area contributed by atoms with E-state index in [4.69, 9.17) is 16.8 Å². The first kappa shape index (κ1) is 17.5. The van der Waals surface area contributed by atoms with Crippen LogP contribution in [-0.4, -0.2) is 32.6 Å². The Morgan fingerprint density at radius 2 is 2.04 bits per heavy atom. The fourth-order valence-corrected chi connectivity index (χ4v) is 3.06. The third kappa shape index (κ3) is 3.25. The molecule has 0 atom stereocenters. The maximum atomic E-state index is 12.7. The SMILES string of the molecule is CSc1c(/C=N/O)nn(-c2c(O)cc(C(F)(F)F)cc2Cl)c1C. The lowest BCUT2D eigenvalue weighted by molar-refractivity contribution is -0.137. The van der Waals surface area contributed by atoms with Gasteiger partial charge in [0.15, 0.2) is 0 Å². The number of oxime groups is 1. The van der Waals surface area contributed by atoms with E-state index in [1.807, 2.05) is 0 Å². The van der Waals surface area contributed by atoms with Gasteiger partial charge in [0.2, 0.25) is 0 Å². The van der Waals surface area contributed by atoms with Crippen LogP contribution in [0, 0.1) is 6.92 Å². The second kappa shape index (κ2) is 6.32. The highest BCUT2D eigenvalue weighted by Crippen LogP contribution is 2.39. The summed E-state index contributed by atoms with van der Waals surface area (Å²) in [5, 5.41) is 25.3. The van der Waals surface area contributed by atoms with E-state index in [1.54, 1.807) is 13.2 Å².